The molecule has 1 N–H and O–H groups in total. The van der Waals surface area contributed by atoms with E-state index in [4.69, 9.17) is 0 Å². The standard InChI is InChI=1S/C20H14N6O2S2/c27-30(28,17-8-4-7-16(12-17)26-13-21-24-25-26)23-15-6-3-5-14(11-15)20-22-18-9-1-2-10-19(18)29-20/h1-13,23H. The minimum atomic E-state index is -3.80. The molecule has 10 heteroatoms. The largest absolute Gasteiger partial charge is 0.280 e. The number of para-hydroxylation sites is 1. The van der Waals surface area contributed by atoms with E-state index in [-0.39, 0.29) is 4.90 Å². The number of rotatable bonds is 5. The molecule has 0 radical (unpaired) electrons. The van der Waals surface area contributed by atoms with Gasteiger partial charge in [0.25, 0.3) is 10.0 Å². The summed E-state index contributed by atoms with van der Waals surface area (Å²) in [7, 11) is -3.80. The topological polar surface area (TPSA) is 103 Å². The molecule has 0 saturated heterocycles. The number of fused-ring (bicyclic) bond motifs is 1. The van der Waals surface area contributed by atoms with Gasteiger partial charge in [-0.15, -0.1) is 16.4 Å². The lowest BCUT2D eigenvalue weighted by molar-refractivity contribution is 0.601. The molecule has 0 aliphatic heterocycles. The summed E-state index contributed by atoms with van der Waals surface area (Å²) >= 11 is 1.56. The van der Waals surface area contributed by atoms with Crippen LogP contribution >= 0.6 is 11.3 Å². The van der Waals surface area contributed by atoms with Gasteiger partial charge in [0, 0.05) is 11.3 Å². The number of benzene rings is 3. The summed E-state index contributed by atoms with van der Waals surface area (Å²) in [5.41, 5.74) is 2.77. The number of hydrogen-bond donors (Lipinski definition) is 1. The molecule has 2 heterocycles. The first-order chi connectivity index (χ1) is 14.6. The van der Waals surface area contributed by atoms with Gasteiger partial charge in [0.05, 0.1) is 20.8 Å². The van der Waals surface area contributed by atoms with E-state index in [0.717, 1.165) is 20.8 Å². The van der Waals surface area contributed by atoms with Gasteiger partial charge in [-0.1, -0.05) is 30.3 Å². The fraction of sp³-hybridized carbons (Fsp3) is 0. The molecule has 0 saturated carbocycles. The molecule has 0 spiro atoms. The van der Waals surface area contributed by atoms with Crippen molar-refractivity contribution in [2.75, 3.05) is 4.72 Å². The van der Waals surface area contributed by atoms with Crippen LogP contribution < -0.4 is 4.72 Å². The second-order valence-electron chi connectivity index (χ2n) is 6.42. The van der Waals surface area contributed by atoms with Gasteiger partial charge in [-0.2, -0.15) is 0 Å². The van der Waals surface area contributed by atoms with E-state index in [1.165, 1.54) is 23.1 Å². The molecular weight excluding hydrogens is 420 g/mol. The van der Waals surface area contributed by atoms with Crippen LogP contribution in [0.2, 0.25) is 0 Å². The van der Waals surface area contributed by atoms with Crippen LogP contribution in [0.5, 0.6) is 0 Å². The summed E-state index contributed by atoms with van der Waals surface area (Å²) in [6.07, 6.45) is 1.40. The van der Waals surface area contributed by atoms with Crippen LogP contribution in [0.15, 0.2) is 84.0 Å². The average molecular weight is 435 g/mol. The molecule has 5 aromatic rings. The molecule has 0 bridgehead atoms. The zero-order valence-corrected chi connectivity index (χ0v) is 17.0. The maximum absolute atomic E-state index is 12.9. The monoisotopic (exact) mass is 434 g/mol. The van der Waals surface area contributed by atoms with Crippen LogP contribution in [0.4, 0.5) is 5.69 Å². The Kier molecular flexibility index (Phi) is 4.49. The highest BCUT2D eigenvalue weighted by molar-refractivity contribution is 7.92. The van der Waals surface area contributed by atoms with E-state index in [1.807, 2.05) is 30.3 Å². The van der Waals surface area contributed by atoms with Crippen molar-refractivity contribution in [3.05, 3.63) is 79.1 Å². The highest BCUT2D eigenvalue weighted by atomic mass is 32.2. The fourth-order valence-electron chi connectivity index (χ4n) is 3.00. The van der Waals surface area contributed by atoms with Crippen LogP contribution in [0.1, 0.15) is 0 Å². The van der Waals surface area contributed by atoms with Gasteiger partial charge in [-0.05, 0) is 52.9 Å². The maximum Gasteiger partial charge on any atom is 0.261 e. The van der Waals surface area contributed by atoms with Crippen LogP contribution in [-0.2, 0) is 10.0 Å². The third kappa shape index (κ3) is 3.53. The molecule has 3 aromatic carbocycles. The van der Waals surface area contributed by atoms with Crippen molar-refractivity contribution in [1.82, 2.24) is 25.2 Å². The molecule has 2 aromatic heterocycles. The Bertz CT molecular complexity index is 1410. The van der Waals surface area contributed by atoms with Crippen molar-refractivity contribution < 1.29 is 8.42 Å². The fourth-order valence-corrected chi connectivity index (χ4v) is 5.05. The Morgan fingerprint density at radius 3 is 2.63 bits per heavy atom. The number of anilines is 1. The van der Waals surface area contributed by atoms with E-state index < -0.39 is 10.0 Å². The quantitative estimate of drug-likeness (QED) is 0.452. The average Bonchev–Trinajstić information content (AvgIpc) is 3.44. The predicted molar refractivity (Wildman–Crippen MR) is 115 cm³/mol. The van der Waals surface area contributed by atoms with Gasteiger partial charge in [0.2, 0.25) is 0 Å². The van der Waals surface area contributed by atoms with Gasteiger partial charge in [-0.25, -0.2) is 18.1 Å². The van der Waals surface area contributed by atoms with Crippen LogP contribution in [0.25, 0.3) is 26.5 Å². The van der Waals surface area contributed by atoms with E-state index in [2.05, 4.69) is 25.2 Å². The van der Waals surface area contributed by atoms with Crippen molar-refractivity contribution in [3.8, 4) is 16.3 Å². The van der Waals surface area contributed by atoms with Gasteiger partial charge < -0.3 is 0 Å². The minimum Gasteiger partial charge on any atom is -0.280 e. The minimum absolute atomic E-state index is 0.112. The molecule has 0 amide bonds. The summed E-state index contributed by atoms with van der Waals surface area (Å²) in [6.45, 7) is 0. The van der Waals surface area contributed by atoms with Crippen molar-refractivity contribution in [2.24, 2.45) is 0 Å². The number of nitrogens with one attached hydrogen (secondary N) is 1. The van der Waals surface area contributed by atoms with Crippen molar-refractivity contribution in [3.63, 3.8) is 0 Å². The number of nitrogens with zero attached hydrogens (tertiary/aromatic N) is 5. The number of thiazole rings is 1. The Morgan fingerprint density at radius 2 is 1.80 bits per heavy atom. The Hall–Kier alpha value is -3.63. The smallest absolute Gasteiger partial charge is 0.261 e. The SMILES string of the molecule is O=S(=O)(Nc1cccc(-c2nc3ccccc3s2)c1)c1cccc(-n2cnnn2)c1. The van der Waals surface area contributed by atoms with E-state index >= 15 is 0 Å². The lowest BCUT2D eigenvalue weighted by atomic mass is 10.2. The highest BCUT2D eigenvalue weighted by Gasteiger charge is 2.16. The van der Waals surface area contributed by atoms with Gasteiger partial charge in [0.1, 0.15) is 11.3 Å². The first kappa shape index (κ1) is 18.4. The predicted octanol–water partition coefficient (Wildman–Crippen LogP) is 3.74. The van der Waals surface area contributed by atoms with E-state index in [1.54, 1.807) is 41.7 Å². The second-order valence-corrected chi connectivity index (χ2v) is 9.14. The van der Waals surface area contributed by atoms with Crippen LogP contribution in [-0.4, -0.2) is 33.6 Å². The zero-order valence-electron chi connectivity index (χ0n) is 15.4. The normalized spacial score (nSPS) is 11.6. The first-order valence-corrected chi connectivity index (χ1v) is 11.2. The van der Waals surface area contributed by atoms with Crippen molar-refractivity contribution in [1.29, 1.82) is 0 Å². The third-order valence-corrected chi connectivity index (χ3v) is 6.86. The molecular formula is C20H14N6O2S2. The summed E-state index contributed by atoms with van der Waals surface area (Å²) in [4.78, 5) is 4.75. The molecule has 0 fully saturated rings. The second kappa shape index (κ2) is 7.32. The Balaban J connectivity index is 1.45. The summed E-state index contributed by atoms with van der Waals surface area (Å²) in [6, 6.07) is 21.5. The molecule has 0 unspecified atom stereocenters. The molecule has 8 nitrogen and oxygen atoms in total. The molecule has 148 valence electrons. The van der Waals surface area contributed by atoms with Crippen LogP contribution in [0.3, 0.4) is 0 Å². The summed E-state index contributed by atoms with van der Waals surface area (Å²) in [5.74, 6) is 0. The summed E-state index contributed by atoms with van der Waals surface area (Å²) < 4.78 is 31.0. The number of tetrazole rings is 1. The summed E-state index contributed by atoms with van der Waals surface area (Å²) in [5, 5.41) is 11.8. The van der Waals surface area contributed by atoms with Crippen molar-refractivity contribution >= 4 is 37.3 Å². The lowest BCUT2D eigenvalue weighted by Crippen LogP contribution is -2.13. The Labute approximate surface area is 175 Å². The zero-order chi connectivity index (χ0) is 20.6. The van der Waals surface area contributed by atoms with Gasteiger partial charge >= 0.3 is 0 Å². The lowest BCUT2D eigenvalue weighted by Gasteiger charge is -2.10. The maximum atomic E-state index is 12.9. The molecule has 0 atom stereocenters. The number of hydrogen-bond acceptors (Lipinski definition) is 7. The molecule has 0 aliphatic carbocycles. The number of aromatic nitrogens is 5. The number of sulfonamides is 1. The van der Waals surface area contributed by atoms with Crippen LogP contribution in [0, 0.1) is 0 Å². The van der Waals surface area contributed by atoms with E-state index in [0.29, 0.717) is 11.4 Å². The molecule has 0 aliphatic rings. The third-order valence-electron chi connectivity index (χ3n) is 4.40. The van der Waals surface area contributed by atoms with Crippen molar-refractivity contribution in [2.45, 2.75) is 4.90 Å². The molecule has 5 rings (SSSR count). The first-order valence-electron chi connectivity index (χ1n) is 8.91. The van der Waals surface area contributed by atoms with E-state index in [9.17, 15) is 8.42 Å². The van der Waals surface area contributed by atoms with Gasteiger partial charge in [-0.3, -0.25) is 4.72 Å². The highest BCUT2D eigenvalue weighted by Crippen LogP contribution is 2.31. The Morgan fingerprint density at radius 1 is 0.933 bits per heavy atom. The van der Waals surface area contributed by atoms with Gasteiger partial charge in [0.15, 0.2) is 0 Å². The molecule has 30 heavy (non-hydrogen) atoms.